The van der Waals surface area contributed by atoms with Gasteiger partial charge in [-0.15, -0.1) is 10.2 Å². The van der Waals surface area contributed by atoms with Crippen molar-refractivity contribution in [3.8, 4) is 5.82 Å². The van der Waals surface area contributed by atoms with E-state index in [9.17, 15) is 5.11 Å². The highest BCUT2D eigenvalue weighted by Gasteiger charge is 2.22. The molecule has 2 unspecified atom stereocenters. The van der Waals surface area contributed by atoms with Gasteiger partial charge >= 0.3 is 0 Å². The van der Waals surface area contributed by atoms with Gasteiger partial charge in [-0.05, 0) is 56.7 Å². The number of aryl methyl sites for hydroxylation is 1. The molecule has 3 rings (SSSR count). The Labute approximate surface area is 136 Å². The van der Waals surface area contributed by atoms with Gasteiger partial charge in [-0.2, -0.15) is 5.10 Å². The summed E-state index contributed by atoms with van der Waals surface area (Å²) in [5.74, 6) is 1.97. The summed E-state index contributed by atoms with van der Waals surface area (Å²) in [7, 11) is 0. The van der Waals surface area contributed by atoms with Crippen molar-refractivity contribution in [3.63, 3.8) is 0 Å². The Kier molecular flexibility index (Phi) is 5.23. The van der Waals surface area contributed by atoms with Crippen LogP contribution >= 0.6 is 0 Å². The molecule has 2 atom stereocenters. The maximum atomic E-state index is 9.97. The normalized spacial score (nSPS) is 21.3. The van der Waals surface area contributed by atoms with E-state index in [-0.39, 0.29) is 6.10 Å². The van der Waals surface area contributed by atoms with E-state index >= 15 is 0 Å². The summed E-state index contributed by atoms with van der Waals surface area (Å²) in [6, 6.07) is 5.77. The van der Waals surface area contributed by atoms with Crippen LogP contribution in [0.1, 0.15) is 44.2 Å². The summed E-state index contributed by atoms with van der Waals surface area (Å²) in [4.78, 5) is 0. The Balaban J connectivity index is 1.43. The fourth-order valence-corrected chi connectivity index (χ4v) is 3.19. The molecular weight excluding hydrogens is 290 g/mol. The van der Waals surface area contributed by atoms with E-state index in [1.165, 1.54) is 19.3 Å². The van der Waals surface area contributed by atoms with Crippen LogP contribution in [-0.2, 0) is 0 Å². The maximum absolute atomic E-state index is 9.97. The van der Waals surface area contributed by atoms with Crippen molar-refractivity contribution in [3.05, 3.63) is 30.1 Å². The Hall–Kier alpha value is -1.95. The van der Waals surface area contributed by atoms with Crippen molar-refractivity contribution >= 4 is 5.82 Å². The highest BCUT2D eigenvalue weighted by molar-refractivity contribution is 5.36. The van der Waals surface area contributed by atoms with Crippen LogP contribution in [0.4, 0.5) is 5.82 Å². The third-order valence-electron chi connectivity index (χ3n) is 4.53. The summed E-state index contributed by atoms with van der Waals surface area (Å²) < 4.78 is 1.72. The Bertz CT molecular complexity index is 610. The molecule has 6 heteroatoms. The Morgan fingerprint density at radius 1 is 1.22 bits per heavy atom. The van der Waals surface area contributed by atoms with E-state index < -0.39 is 0 Å². The number of nitrogens with zero attached hydrogens (tertiary/aromatic N) is 4. The summed E-state index contributed by atoms with van der Waals surface area (Å²) in [6.45, 7) is 2.81. The topological polar surface area (TPSA) is 75.9 Å². The minimum absolute atomic E-state index is 0.0969. The molecule has 0 aliphatic heterocycles. The van der Waals surface area contributed by atoms with Crippen LogP contribution in [0.5, 0.6) is 0 Å². The first-order valence-corrected chi connectivity index (χ1v) is 8.51. The van der Waals surface area contributed by atoms with Crippen LogP contribution < -0.4 is 5.32 Å². The molecule has 0 radical (unpaired) electrons. The van der Waals surface area contributed by atoms with Gasteiger partial charge in [0.1, 0.15) is 5.82 Å². The largest absolute Gasteiger partial charge is 0.393 e. The van der Waals surface area contributed by atoms with Crippen molar-refractivity contribution in [2.75, 3.05) is 11.9 Å². The number of hydrogen-bond acceptors (Lipinski definition) is 5. The second kappa shape index (κ2) is 7.55. The van der Waals surface area contributed by atoms with Crippen molar-refractivity contribution in [2.45, 2.75) is 51.6 Å². The molecule has 124 valence electrons. The van der Waals surface area contributed by atoms with Gasteiger partial charge in [0, 0.05) is 12.7 Å². The fraction of sp³-hybridized carbons (Fsp3) is 0.588. The zero-order valence-corrected chi connectivity index (χ0v) is 13.6. The van der Waals surface area contributed by atoms with Crippen molar-refractivity contribution < 1.29 is 5.11 Å². The van der Waals surface area contributed by atoms with Crippen LogP contribution in [0.15, 0.2) is 24.4 Å². The van der Waals surface area contributed by atoms with Crippen molar-refractivity contribution in [1.29, 1.82) is 0 Å². The van der Waals surface area contributed by atoms with Crippen LogP contribution in [0.2, 0.25) is 0 Å². The highest BCUT2D eigenvalue weighted by atomic mass is 16.3. The van der Waals surface area contributed by atoms with Crippen molar-refractivity contribution in [2.24, 2.45) is 5.92 Å². The second-order valence-electron chi connectivity index (χ2n) is 6.36. The molecule has 2 heterocycles. The minimum atomic E-state index is -0.0969. The molecule has 0 aromatic carbocycles. The highest BCUT2D eigenvalue weighted by Crippen LogP contribution is 2.27. The van der Waals surface area contributed by atoms with Crippen LogP contribution in [-0.4, -0.2) is 37.7 Å². The number of aromatic nitrogens is 4. The standard InChI is InChI=1S/C17H25N5O/c1-13-10-12-22(21-13)17-9-8-16(19-20-17)18-11-4-6-14-5-2-3-7-15(14)23/h8-10,12,14-15,23H,2-7,11H2,1H3,(H,18,19). The van der Waals surface area contributed by atoms with E-state index in [1.54, 1.807) is 4.68 Å². The Morgan fingerprint density at radius 2 is 2.09 bits per heavy atom. The number of aliphatic hydroxyl groups is 1. The zero-order chi connectivity index (χ0) is 16.1. The molecule has 0 saturated heterocycles. The summed E-state index contributed by atoms with van der Waals surface area (Å²) in [6.07, 6.45) is 8.47. The van der Waals surface area contributed by atoms with E-state index in [4.69, 9.17) is 0 Å². The van der Waals surface area contributed by atoms with Crippen molar-refractivity contribution in [1.82, 2.24) is 20.0 Å². The SMILES string of the molecule is Cc1ccn(-c2ccc(NCCCC3CCCCC3O)nn2)n1. The average molecular weight is 315 g/mol. The molecule has 0 amide bonds. The fourth-order valence-electron chi connectivity index (χ4n) is 3.19. The van der Waals surface area contributed by atoms with Gasteiger partial charge in [0.15, 0.2) is 5.82 Å². The van der Waals surface area contributed by atoms with Gasteiger partial charge in [-0.1, -0.05) is 12.8 Å². The van der Waals surface area contributed by atoms with Crippen LogP contribution in [0.3, 0.4) is 0 Å². The molecule has 6 nitrogen and oxygen atoms in total. The molecule has 2 aromatic heterocycles. The number of rotatable bonds is 6. The summed E-state index contributed by atoms with van der Waals surface area (Å²) >= 11 is 0. The monoisotopic (exact) mass is 315 g/mol. The lowest BCUT2D eigenvalue weighted by molar-refractivity contribution is 0.0648. The first kappa shape index (κ1) is 15.9. The van der Waals surface area contributed by atoms with Gasteiger partial charge < -0.3 is 10.4 Å². The smallest absolute Gasteiger partial charge is 0.175 e. The average Bonchev–Trinajstić information content (AvgIpc) is 3.00. The lowest BCUT2D eigenvalue weighted by atomic mass is 9.83. The van der Waals surface area contributed by atoms with E-state index in [0.29, 0.717) is 11.7 Å². The van der Waals surface area contributed by atoms with Gasteiger partial charge in [-0.25, -0.2) is 4.68 Å². The van der Waals surface area contributed by atoms with E-state index in [0.717, 1.165) is 37.3 Å². The summed E-state index contributed by atoms with van der Waals surface area (Å²) in [5, 5.41) is 26.0. The molecule has 1 aliphatic carbocycles. The molecule has 1 saturated carbocycles. The van der Waals surface area contributed by atoms with Crippen LogP contribution in [0, 0.1) is 12.8 Å². The number of anilines is 1. The van der Waals surface area contributed by atoms with E-state index in [2.05, 4.69) is 20.6 Å². The second-order valence-corrected chi connectivity index (χ2v) is 6.36. The molecular formula is C17H25N5O. The molecule has 23 heavy (non-hydrogen) atoms. The number of aliphatic hydroxyl groups excluding tert-OH is 1. The quantitative estimate of drug-likeness (QED) is 0.802. The lowest BCUT2D eigenvalue weighted by Crippen LogP contribution is -2.24. The van der Waals surface area contributed by atoms with Gasteiger partial charge in [0.05, 0.1) is 11.8 Å². The maximum Gasteiger partial charge on any atom is 0.175 e. The Morgan fingerprint density at radius 3 is 2.78 bits per heavy atom. The lowest BCUT2D eigenvalue weighted by Gasteiger charge is -2.27. The van der Waals surface area contributed by atoms with Gasteiger partial charge in [0.2, 0.25) is 0 Å². The van der Waals surface area contributed by atoms with Crippen LogP contribution in [0.25, 0.3) is 5.82 Å². The predicted molar refractivity (Wildman–Crippen MR) is 89.6 cm³/mol. The number of nitrogens with one attached hydrogen (secondary N) is 1. The molecule has 1 fully saturated rings. The third-order valence-corrected chi connectivity index (χ3v) is 4.53. The first-order valence-electron chi connectivity index (χ1n) is 8.51. The summed E-state index contributed by atoms with van der Waals surface area (Å²) in [5.41, 5.74) is 0.957. The first-order chi connectivity index (χ1) is 11.2. The minimum Gasteiger partial charge on any atom is -0.393 e. The zero-order valence-electron chi connectivity index (χ0n) is 13.6. The molecule has 1 aliphatic rings. The molecule has 0 spiro atoms. The van der Waals surface area contributed by atoms with Gasteiger partial charge in [-0.3, -0.25) is 0 Å². The number of hydrogen-bond donors (Lipinski definition) is 2. The van der Waals surface area contributed by atoms with E-state index in [1.807, 2.05) is 31.3 Å². The molecule has 0 bridgehead atoms. The third kappa shape index (κ3) is 4.28. The predicted octanol–water partition coefficient (Wildman–Crippen LogP) is 2.71. The molecule has 2 aromatic rings. The van der Waals surface area contributed by atoms with Gasteiger partial charge in [0.25, 0.3) is 0 Å². The molecule has 2 N–H and O–H groups in total.